The van der Waals surface area contributed by atoms with Crippen LogP contribution >= 0.6 is 0 Å². The second kappa shape index (κ2) is 10.9. The fourth-order valence-electron chi connectivity index (χ4n) is 2.90. The van der Waals surface area contributed by atoms with Gasteiger partial charge < -0.3 is 20.5 Å². The van der Waals surface area contributed by atoms with E-state index in [1.54, 1.807) is 7.11 Å². The molecular weight excluding hydrogens is 362 g/mol. The Bertz CT molecular complexity index is 909. The van der Waals surface area contributed by atoms with Gasteiger partial charge in [-0.25, -0.2) is 0 Å². The van der Waals surface area contributed by atoms with E-state index in [0.29, 0.717) is 25.7 Å². The van der Waals surface area contributed by atoms with Crippen molar-refractivity contribution in [1.29, 1.82) is 0 Å². The Morgan fingerprint density at radius 1 is 0.862 bits per heavy atom. The van der Waals surface area contributed by atoms with E-state index in [-0.39, 0.29) is 0 Å². The van der Waals surface area contributed by atoms with Crippen molar-refractivity contribution in [3.8, 4) is 5.75 Å². The van der Waals surface area contributed by atoms with Crippen LogP contribution in [-0.4, -0.2) is 19.6 Å². The number of aliphatic imine (C=N–C) groups is 1. The minimum absolute atomic E-state index is 0.399. The lowest BCUT2D eigenvalue weighted by Crippen LogP contribution is -2.23. The lowest BCUT2D eigenvalue weighted by atomic mass is 10.1. The Morgan fingerprint density at radius 3 is 2.34 bits per heavy atom. The molecule has 5 heteroatoms. The maximum absolute atomic E-state index is 6.03. The predicted molar refractivity (Wildman–Crippen MR) is 118 cm³/mol. The van der Waals surface area contributed by atoms with E-state index in [1.807, 2.05) is 54.6 Å². The van der Waals surface area contributed by atoms with Crippen molar-refractivity contribution in [3.63, 3.8) is 0 Å². The van der Waals surface area contributed by atoms with Crippen LogP contribution in [0, 0.1) is 0 Å². The summed E-state index contributed by atoms with van der Waals surface area (Å²) in [5.41, 5.74) is 10.3. The van der Waals surface area contributed by atoms with Gasteiger partial charge in [-0.05, 0) is 35.7 Å². The van der Waals surface area contributed by atoms with Gasteiger partial charge in [0.15, 0.2) is 5.96 Å². The number of rotatable bonds is 9. The van der Waals surface area contributed by atoms with Crippen LogP contribution in [0.2, 0.25) is 0 Å². The topological polar surface area (TPSA) is 68.9 Å². The Morgan fingerprint density at radius 2 is 1.59 bits per heavy atom. The van der Waals surface area contributed by atoms with Crippen molar-refractivity contribution in [2.45, 2.75) is 19.6 Å². The maximum Gasteiger partial charge on any atom is 0.193 e. The first-order valence-corrected chi connectivity index (χ1v) is 9.64. The number of guanidine groups is 1. The van der Waals surface area contributed by atoms with Crippen LogP contribution in [0.1, 0.15) is 16.7 Å². The Balaban J connectivity index is 1.47. The van der Waals surface area contributed by atoms with E-state index in [2.05, 4.69) is 34.6 Å². The van der Waals surface area contributed by atoms with Gasteiger partial charge in [-0.2, -0.15) is 0 Å². The number of methoxy groups -OCH3 is 1. The summed E-state index contributed by atoms with van der Waals surface area (Å²) in [6.45, 7) is 1.70. The first-order valence-electron chi connectivity index (χ1n) is 9.64. The molecule has 0 bridgehead atoms. The zero-order valence-corrected chi connectivity index (χ0v) is 16.7. The van der Waals surface area contributed by atoms with Gasteiger partial charge >= 0.3 is 0 Å². The van der Waals surface area contributed by atoms with Crippen molar-refractivity contribution < 1.29 is 9.47 Å². The first kappa shape index (κ1) is 20.4. The number of benzene rings is 3. The molecule has 0 radical (unpaired) electrons. The summed E-state index contributed by atoms with van der Waals surface area (Å²) in [5.74, 6) is 1.26. The van der Waals surface area contributed by atoms with Crippen LogP contribution in [-0.2, 0) is 24.4 Å². The summed E-state index contributed by atoms with van der Waals surface area (Å²) in [7, 11) is 1.67. The van der Waals surface area contributed by atoms with Crippen LogP contribution in [0.25, 0.3) is 0 Å². The molecule has 5 nitrogen and oxygen atoms in total. The smallest absolute Gasteiger partial charge is 0.193 e. The van der Waals surface area contributed by atoms with Gasteiger partial charge in [0, 0.05) is 24.9 Å². The van der Waals surface area contributed by atoms with Crippen molar-refractivity contribution >= 4 is 11.6 Å². The van der Waals surface area contributed by atoms with Crippen LogP contribution in [0.3, 0.4) is 0 Å². The Hall–Kier alpha value is -3.31. The molecule has 0 aromatic heterocycles. The molecule has 0 fully saturated rings. The molecule has 3 rings (SSSR count). The highest BCUT2D eigenvalue weighted by Crippen LogP contribution is 2.16. The molecule has 0 aliphatic carbocycles. The average Bonchev–Trinajstić information content (AvgIpc) is 2.75. The van der Waals surface area contributed by atoms with Gasteiger partial charge in [-0.15, -0.1) is 0 Å². The standard InChI is InChI=1S/C24H27N3O2/c1-28-18-21-9-5-6-10-23(21)27-24(25)26-16-15-19-11-13-22(14-12-19)29-17-20-7-3-2-4-8-20/h2-14H,15-18H2,1H3,(H3,25,26,27). The van der Waals surface area contributed by atoms with Gasteiger partial charge in [-0.1, -0.05) is 60.7 Å². The summed E-state index contributed by atoms with van der Waals surface area (Å²) in [6, 6.07) is 26.1. The minimum Gasteiger partial charge on any atom is -0.489 e. The molecule has 0 aliphatic rings. The van der Waals surface area contributed by atoms with Crippen LogP contribution in [0.4, 0.5) is 5.69 Å². The molecule has 0 saturated heterocycles. The van der Waals surface area contributed by atoms with E-state index in [9.17, 15) is 0 Å². The lowest BCUT2D eigenvalue weighted by molar-refractivity contribution is 0.185. The van der Waals surface area contributed by atoms with Gasteiger partial charge in [0.1, 0.15) is 12.4 Å². The second-order valence-corrected chi connectivity index (χ2v) is 6.65. The third-order valence-corrected chi connectivity index (χ3v) is 4.43. The summed E-state index contributed by atoms with van der Waals surface area (Å²) in [5, 5.41) is 3.15. The SMILES string of the molecule is COCc1ccccc1NC(N)=NCCc1ccc(OCc2ccccc2)cc1. The molecule has 3 aromatic carbocycles. The highest BCUT2D eigenvalue weighted by atomic mass is 16.5. The van der Waals surface area contributed by atoms with E-state index in [1.165, 1.54) is 5.56 Å². The van der Waals surface area contributed by atoms with E-state index in [0.717, 1.165) is 29.0 Å². The monoisotopic (exact) mass is 389 g/mol. The summed E-state index contributed by atoms with van der Waals surface area (Å²) < 4.78 is 11.0. The van der Waals surface area contributed by atoms with Crippen molar-refractivity contribution in [1.82, 2.24) is 0 Å². The molecule has 3 N–H and O–H groups in total. The number of anilines is 1. The molecule has 0 heterocycles. The molecule has 3 aromatic rings. The zero-order chi connectivity index (χ0) is 20.3. The molecule has 0 spiro atoms. The number of ether oxygens (including phenoxy) is 2. The summed E-state index contributed by atoms with van der Waals surface area (Å²) in [4.78, 5) is 4.43. The Labute approximate surface area is 172 Å². The molecule has 150 valence electrons. The molecule has 0 aliphatic heterocycles. The third-order valence-electron chi connectivity index (χ3n) is 4.43. The number of para-hydroxylation sites is 1. The molecule has 29 heavy (non-hydrogen) atoms. The number of hydrogen-bond donors (Lipinski definition) is 2. The van der Waals surface area contributed by atoms with Gasteiger partial charge in [0.2, 0.25) is 0 Å². The number of nitrogens with two attached hydrogens (primary N) is 1. The Kier molecular flexibility index (Phi) is 7.66. The van der Waals surface area contributed by atoms with Crippen molar-refractivity contribution in [3.05, 3.63) is 95.6 Å². The van der Waals surface area contributed by atoms with E-state index < -0.39 is 0 Å². The van der Waals surface area contributed by atoms with Crippen molar-refractivity contribution in [2.24, 2.45) is 10.7 Å². The molecular formula is C24H27N3O2. The number of hydrogen-bond acceptors (Lipinski definition) is 3. The fourth-order valence-corrected chi connectivity index (χ4v) is 2.90. The maximum atomic E-state index is 6.03. The predicted octanol–water partition coefficient (Wildman–Crippen LogP) is 4.38. The van der Waals surface area contributed by atoms with E-state index in [4.69, 9.17) is 15.2 Å². The minimum atomic E-state index is 0.399. The van der Waals surface area contributed by atoms with Crippen LogP contribution < -0.4 is 15.8 Å². The van der Waals surface area contributed by atoms with Crippen LogP contribution in [0.15, 0.2) is 83.9 Å². The molecule has 0 unspecified atom stereocenters. The first-order chi connectivity index (χ1) is 14.2. The highest BCUT2D eigenvalue weighted by molar-refractivity contribution is 5.92. The van der Waals surface area contributed by atoms with Crippen LogP contribution in [0.5, 0.6) is 5.75 Å². The second-order valence-electron chi connectivity index (χ2n) is 6.65. The summed E-state index contributed by atoms with van der Waals surface area (Å²) in [6.07, 6.45) is 0.807. The summed E-state index contributed by atoms with van der Waals surface area (Å²) >= 11 is 0. The molecule has 0 atom stereocenters. The third kappa shape index (κ3) is 6.66. The highest BCUT2D eigenvalue weighted by Gasteiger charge is 2.02. The fraction of sp³-hybridized carbons (Fsp3) is 0.208. The number of nitrogens with zero attached hydrogens (tertiary/aromatic N) is 1. The normalized spacial score (nSPS) is 11.3. The van der Waals surface area contributed by atoms with Crippen molar-refractivity contribution in [2.75, 3.05) is 19.0 Å². The lowest BCUT2D eigenvalue weighted by Gasteiger charge is -2.11. The zero-order valence-electron chi connectivity index (χ0n) is 16.7. The van der Waals surface area contributed by atoms with Gasteiger partial charge in [0.25, 0.3) is 0 Å². The van der Waals surface area contributed by atoms with E-state index >= 15 is 0 Å². The van der Waals surface area contributed by atoms with Gasteiger partial charge in [0.05, 0.1) is 6.61 Å². The molecule has 0 amide bonds. The quantitative estimate of drug-likeness (QED) is 0.421. The largest absolute Gasteiger partial charge is 0.489 e. The average molecular weight is 389 g/mol. The van der Waals surface area contributed by atoms with Gasteiger partial charge in [-0.3, -0.25) is 4.99 Å². The number of nitrogens with one attached hydrogen (secondary N) is 1. The molecule has 0 saturated carbocycles.